The minimum Gasteiger partial charge on any atom is -0.372 e. The van der Waals surface area contributed by atoms with Gasteiger partial charge in [0.05, 0.1) is 5.56 Å². The number of rotatable bonds is 5. The predicted octanol–water partition coefficient (Wildman–Crippen LogP) is 2.04. The topological polar surface area (TPSA) is 54.0 Å². The minimum absolute atomic E-state index is 0.0637. The van der Waals surface area contributed by atoms with Crippen molar-refractivity contribution < 1.29 is 4.79 Å². The molecular weight excluding hydrogens is 202 g/mol. The number of nitrogens with zero attached hydrogens (tertiary/aromatic N) is 1. The molecule has 4 nitrogen and oxygen atoms in total. The Morgan fingerprint density at radius 3 is 2.69 bits per heavy atom. The fourth-order valence-corrected chi connectivity index (χ4v) is 1.54. The standard InChI is InChI=1S/C12H19N3O/c1-4-9(5-2)15-12(16)10-7-6-8-14-11(10)13-3/h6-9H,4-5H2,1-3H3,(H,13,14)(H,15,16). The summed E-state index contributed by atoms with van der Waals surface area (Å²) in [5, 5.41) is 5.90. The van der Waals surface area contributed by atoms with E-state index in [9.17, 15) is 4.79 Å². The lowest BCUT2D eigenvalue weighted by Gasteiger charge is -2.15. The summed E-state index contributed by atoms with van der Waals surface area (Å²) in [6, 6.07) is 3.77. The van der Waals surface area contributed by atoms with Crippen LogP contribution in [0.5, 0.6) is 0 Å². The van der Waals surface area contributed by atoms with Gasteiger partial charge >= 0.3 is 0 Å². The second-order valence-corrected chi connectivity index (χ2v) is 3.64. The molecule has 0 bridgehead atoms. The van der Waals surface area contributed by atoms with Crippen LogP contribution in [0.1, 0.15) is 37.0 Å². The lowest BCUT2D eigenvalue weighted by molar-refractivity contribution is 0.0935. The lowest BCUT2D eigenvalue weighted by Crippen LogP contribution is -2.34. The van der Waals surface area contributed by atoms with Crippen LogP contribution < -0.4 is 10.6 Å². The van der Waals surface area contributed by atoms with Gasteiger partial charge in [-0.15, -0.1) is 0 Å². The normalized spacial score (nSPS) is 10.2. The molecule has 0 aliphatic heterocycles. The Hall–Kier alpha value is -1.58. The molecule has 1 aromatic rings. The van der Waals surface area contributed by atoms with Crippen molar-refractivity contribution in [3.8, 4) is 0 Å². The Kier molecular flexibility index (Phi) is 4.76. The molecule has 4 heteroatoms. The van der Waals surface area contributed by atoms with Crippen LogP contribution in [-0.2, 0) is 0 Å². The molecule has 0 saturated heterocycles. The first kappa shape index (κ1) is 12.5. The zero-order valence-electron chi connectivity index (χ0n) is 10.1. The van der Waals surface area contributed by atoms with Gasteiger partial charge in [-0.3, -0.25) is 4.79 Å². The molecule has 0 spiro atoms. The Bertz CT molecular complexity index is 348. The maximum atomic E-state index is 12.0. The van der Waals surface area contributed by atoms with Gasteiger partial charge < -0.3 is 10.6 Å². The molecule has 0 fully saturated rings. The van der Waals surface area contributed by atoms with E-state index in [1.807, 2.05) is 0 Å². The fraction of sp³-hybridized carbons (Fsp3) is 0.500. The summed E-state index contributed by atoms with van der Waals surface area (Å²) in [5.74, 6) is 0.553. The summed E-state index contributed by atoms with van der Waals surface area (Å²) < 4.78 is 0. The third-order valence-corrected chi connectivity index (χ3v) is 2.61. The third-order valence-electron chi connectivity index (χ3n) is 2.61. The molecule has 1 rings (SSSR count). The van der Waals surface area contributed by atoms with Crippen LogP contribution >= 0.6 is 0 Å². The number of pyridine rings is 1. The first-order valence-corrected chi connectivity index (χ1v) is 5.66. The molecule has 0 unspecified atom stereocenters. The number of nitrogens with one attached hydrogen (secondary N) is 2. The molecule has 0 atom stereocenters. The zero-order valence-corrected chi connectivity index (χ0v) is 10.1. The average Bonchev–Trinajstić information content (AvgIpc) is 2.35. The third kappa shape index (κ3) is 2.95. The average molecular weight is 221 g/mol. The van der Waals surface area contributed by atoms with Crippen LogP contribution in [0.15, 0.2) is 18.3 Å². The van der Waals surface area contributed by atoms with Crippen molar-refractivity contribution in [1.82, 2.24) is 10.3 Å². The highest BCUT2D eigenvalue weighted by atomic mass is 16.1. The van der Waals surface area contributed by atoms with Gasteiger partial charge in [0.25, 0.3) is 5.91 Å². The zero-order chi connectivity index (χ0) is 12.0. The number of hydrogen-bond donors (Lipinski definition) is 2. The Labute approximate surface area is 96.5 Å². The molecule has 0 aromatic carbocycles. The molecule has 88 valence electrons. The van der Waals surface area contributed by atoms with Gasteiger partial charge in [0.2, 0.25) is 0 Å². The van der Waals surface area contributed by atoms with Gasteiger partial charge in [-0.2, -0.15) is 0 Å². The molecule has 0 aliphatic rings. The Morgan fingerprint density at radius 1 is 1.44 bits per heavy atom. The lowest BCUT2D eigenvalue weighted by atomic mass is 10.1. The van der Waals surface area contributed by atoms with Crippen LogP contribution in [-0.4, -0.2) is 24.0 Å². The number of carbonyl (C=O) groups is 1. The first-order chi connectivity index (χ1) is 7.72. The van der Waals surface area contributed by atoms with Crippen LogP contribution in [0.2, 0.25) is 0 Å². The summed E-state index contributed by atoms with van der Waals surface area (Å²) >= 11 is 0. The summed E-state index contributed by atoms with van der Waals surface area (Å²) in [6.07, 6.45) is 3.55. The van der Waals surface area contributed by atoms with Crippen molar-refractivity contribution in [3.05, 3.63) is 23.9 Å². The van der Waals surface area contributed by atoms with E-state index in [1.54, 1.807) is 25.4 Å². The summed E-state index contributed by atoms with van der Waals surface area (Å²) in [5.41, 5.74) is 0.594. The van der Waals surface area contributed by atoms with E-state index in [4.69, 9.17) is 0 Å². The molecule has 1 aromatic heterocycles. The van der Waals surface area contributed by atoms with Gasteiger partial charge in [0.15, 0.2) is 0 Å². The molecule has 0 radical (unpaired) electrons. The minimum atomic E-state index is -0.0637. The van der Waals surface area contributed by atoms with Gasteiger partial charge in [-0.05, 0) is 25.0 Å². The highest BCUT2D eigenvalue weighted by molar-refractivity contribution is 5.98. The van der Waals surface area contributed by atoms with Crippen molar-refractivity contribution in [3.63, 3.8) is 0 Å². The summed E-state index contributed by atoms with van der Waals surface area (Å²) in [6.45, 7) is 4.13. The molecule has 0 saturated carbocycles. The quantitative estimate of drug-likeness (QED) is 0.800. The highest BCUT2D eigenvalue weighted by Gasteiger charge is 2.13. The molecule has 16 heavy (non-hydrogen) atoms. The van der Waals surface area contributed by atoms with E-state index in [1.165, 1.54) is 0 Å². The van der Waals surface area contributed by atoms with E-state index in [0.717, 1.165) is 12.8 Å². The number of carbonyl (C=O) groups excluding carboxylic acids is 1. The molecule has 0 aliphatic carbocycles. The number of amides is 1. The molecule has 2 N–H and O–H groups in total. The Balaban J connectivity index is 2.79. The highest BCUT2D eigenvalue weighted by Crippen LogP contribution is 2.11. The molecule has 1 heterocycles. The SMILES string of the molecule is CCC(CC)NC(=O)c1cccnc1NC. The fourth-order valence-electron chi connectivity index (χ4n) is 1.54. The van der Waals surface area contributed by atoms with Gasteiger partial charge in [0.1, 0.15) is 5.82 Å². The van der Waals surface area contributed by atoms with Crippen LogP contribution in [0, 0.1) is 0 Å². The number of hydrogen-bond acceptors (Lipinski definition) is 3. The monoisotopic (exact) mass is 221 g/mol. The molecular formula is C12H19N3O. The van der Waals surface area contributed by atoms with Gasteiger partial charge in [-0.25, -0.2) is 4.98 Å². The van der Waals surface area contributed by atoms with E-state index < -0.39 is 0 Å². The van der Waals surface area contributed by atoms with Crippen molar-refractivity contribution in [2.24, 2.45) is 0 Å². The van der Waals surface area contributed by atoms with Crippen molar-refractivity contribution in [2.75, 3.05) is 12.4 Å². The summed E-state index contributed by atoms with van der Waals surface area (Å²) in [7, 11) is 1.76. The second kappa shape index (κ2) is 6.10. The summed E-state index contributed by atoms with van der Waals surface area (Å²) in [4.78, 5) is 16.1. The second-order valence-electron chi connectivity index (χ2n) is 3.64. The van der Waals surface area contributed by atoms with Crippen molar-refractivity contribution >= 4 is 11.7 Å². The van der Waals surface area contributed by atoms with E-state index >= 15 is 0 Å². The maximum Gasteiger partial charge on any atom is 0.255 e. The van der Waals surface area contributed by atoms with Crippen LogP contribution in [0.25, 0.3) is 0 Å². The maximum absolute atomic E-state index is 12.0. The van der Waals surface area contributed by atoms with E-state index in [-0.39, 0.29) is 11.9 Å². The van der Waals surface area contributed by atoms with Gasteiger partial charge in [0, 0.05) is 19.3 Å². The van der Waals surface area contributed by atoms with Gasteiger partial charge in [-0.1, -0.05) is 13.8 Å². The largest absolute Gasteiger partial charge is 0.372 e. The van der Waals surface area contributed by atoms with E-state index in [0.29, 0.717) is 11.4 Å². The van der Waals surface area contributed by atoms with Crippen LogP contribution in [0.3, 0.4) is 0 Å². The van der Waals surface area contributed by atoms with E-state index in [2.05, 4.69) is 29.5 Å². The van der Waals surface area contributed by atoms with Crippen molar-refractivity contribution in [1.29, 1.82) is 0 Å². The smallest absolute Gasteiger partial charge is 0.255 e. The number of anilines is 1. The number of aromatic nitrogens is 1. The first-order valence-electron chi connectivity index (χ1n) is 5.66. The van der Waals surface area contributed by atoms with Crippen LogP contribution in [0.4, 0.5) is 5.82 Å². The van der Waals surface area contributed by atoms with Crippen molar-refractivity contribution in [2.45, 2.75) is 32.7 Å². The predicted molar refractivity (Wildman–Crippen MR) is 65.6 cm³/mol. The molecule has 1 amide bonds. The Morgan fingerprint density at radius 2 is 2.12 bits per heavy atom.